The summed E-state index contributed by atoms with van der Waals surface area (Å²) in [4.78, 5) is 0.00345. The van der Waals surface area contributed by atoms with Gasteiger partial charge in [0.1, 0.15) is 4.90 Å². The second-order valence-electron chi connectivity index (χ2n) is 5.33. The Labute approximate surface area is 129 Å². The topological polar surface area (TPSA) is 85.0 Å². The lowest BCUT2D eigenvalue weighted by Gasteiger charge is -2.34. The van der Waals surface area contributed by atoms with Gasteiger partial charge in [0.2, 0.25) is 10.0 Å². The number of benzene rings is 1. The molecular formula is C14H14ClN3O2S. The van der Waals surface area contributed by atoms with Crippen LogP contribution in [0.1, 0.15) is 25.3 Å². The molecule has 1 heterocycles. The van der Waals surface area contributed by atoms with Gasteiger partial charge in [0.25, 0.3) is 0 Å². The molecule has 7 heteroatoms. The van der Waals surface area contributed by atoms with Crippen molar-refractivity contribution >= 4 is 21.6 Å². The number of halogens is 1. The van der Waals surface area contributed by atoms with E-state index in [2.05, 4.69) is 6.07 Å². The standard InChI is InChI=1S/C14H14ClN3O2S/c1-14(10-17)4-6-18(7-5-14)21(19,20)13-3-2-11(9-16)8-12(13)15/h2-3,8H,4-7H2,1H3. The van der Waals surface area contributed by atoms with Crippen LogP contribution in [0.3, 0.4) is 0 Å². The third-order valence-electron chi connectivity index (χ3n) is 3.77. The number of nitrogens with zero attached hydrogens (tertiary/aromatic N) is 3. The normalized spacial score (nSPS) is 18.7. The minimum absolute atomic E-state index is 0.00345. The smallest absolute Gasteiger partial charge is 0.207 e. The van der Waals surface area contributed by atoms with Crippen molar-refractivity contribution in [3.63, 3.8) is 0 Å². The Hall–Kier alpha value is -1.60. The van der Waals surface area contributed by atoms with E-state index in [1.165, 1.54) is 22.5 Å². The molecule has 1 aliphatic rings. The van der Waals surface area contributed by atoms with Gasteiger partial charge in [-0.05, 0) is 38.0 Å². The highest BCUT2D eigenvalue weighted by atomic mass is 35.5. The summed E-state index contributed by atoms with van der Waals surface area (Å²) in [5, 5.41) is 17.9. The first-order valence-electron chi connectivity index (χ1n) is 6.43. The van der Waals surface area contributed by atoms with Crippen molar-refractivity contribution in [2.45, 2.75) is 24.7 Å². The second kappa shape index (κ2) is 5.65. The Morgan fingerprint density at radius 3 is 2.38 bits per heavy atom. The Morgan fingerprint density at radius 2 is 1.90 bits per heavy atom. The molecule has 0 atom stereocenters. The lowest BCUT2D eigenvalue weighted by molar-refractivity contribution is 0.232. The van der Waals surface area contributed by atoms with Crippen molar-refractivity contribution in [3.05, 3.63) is 28.8 Å². The SMILES string of the molecule is CC1(C#N)CCN(S(=O)(=O)c2ccc(C#N)cc2Cl)CC1. The Kier molecular flexibility index (Phi) is 4.25. The van der Waals surface area contributed by atoms with Gasteiger partial charge in [-0.2, -0.15) is 14.8 Å². The number of sulfonamides is 1. The van der Waals surface area contributed by atoms with Crippen LogP contribution in [0.4, 0.5) is 0 Å². The predicted molar refractivity (Wildman–Crippen MR) is 77.9 cm³/mol. The Bertz CT molecular complexity index is 738. The van der Waals surface area contributed by atoms with Crippen LogP contribution in [0.5, 0.6) is 0 Å². The van der Waals surface area contributed by atoms with E-state index < -0.39 is 15.4 Å². The highest BCUT2D eigenvalue weighted by molar-refractivity contribution is 7.89. The fourth-order valence-electron chi connectivity index (χ4n) is 2.25. The summed E-state index contributed by atoms with van der Waals surface area (Å²) in [6.45, 7) is 2.43. The molecule has 5 nitrogen and oxygen atoms in total. The van der Waals surface area contributed by atoms with E-state index in [0.717, 1.165) is 0 Å². The number of hydrogen-bond acceptors (Lipinski definition) is 4. The van der Waals surface area contributed by atoms with Gasteiger partial charge in [-0.3, -0.25) is 0 Å². The fourth-order valence-corrected chi connectivity index (χ4v) is 4.21. The maximum atomic E-state index is 12.6. The van der Waals surface area contributed by atoms with Crippen molar-refractivity contribution in [2.24, 2.45) is 5.41 Å². The van der Waals surface area contributed by atoms with Gasteiger partial charge in [0.15, 0.2) is 0 Å². The molecular weight excluding hydrogens is 310 g/mol. The van der Waals surface area contributed by atoms with Gasteiger partial charge in [-0.1, -0.05) is 11.6 Å². The summed E-state index contributed by atoms with van der Waals surface area (Å²) in [5.74, 6) is 0. The van der Waals surface area contributed by atoms with Crippen LogP contribution in [-0.4, -0.2) is 25.8 Å². The maximum absolute atomic E-state index is 12.6. The van der Waals surface area contributed by atoms with Gasteiger partial charge in [0, 0.05) is 13.1 Å². The first kappa shape index (κ1) is 15.8. The second-order valence-corrected chi connectivity index (χ2v) is 7.65. The molecule has 21 heavy (non-hydrogen) atoms. The highest BCUT2D eigenvalue weighted by Gasteiger charge is 2.36. The quantitative estimate of drug-likeness (QED) is 0.837. The first-order chi connectivity index (χ1) is 9.82. The van der Waals surface area contributed by atoms with Gasteiger partial charge in [0.05, 0.1) is 28.1 Å². The Balaban J connectivity index is 2.29. The molecule has 1 aromatic rings. The number of nitriles is 2. The molecule has 0 radical (unpaired) electrons. The number of rotatable bonds is 2. The summed E-state index contributed by atoms with van der Waals surface area (Å²) >= 11 is 5.99. The van der Waals surface area contributed by atoms with Crippen LogP contribution >= 0.6 is 11.6 Å². The van der Waals surface area contributed by atoms with Crippen molar-refractivity contribution in [3.8, 4) is 12.1 Å². The minimum atomic E-state index is -3.69. The molecule has 1 aromatic carbocycles. The van der Waals surface area contributed by atoms with E-state index in [4.69, 9.17) is 22.1 Å². The summed E-state index contributed by atoms with van der Waals surface area (Å²) in [6.07, 6.45) is 0.993. The predicted octanol–water partition coefficient (Wildman–Crippen LogP) is 2.53. The lowest BCUT2D eigenvalue weighted by atomic mass is 9.83. The summed E-state index contributed by atoms with van der Waals surface area (Å²) in [6, 6.07) is 8.28. The van der Waals surface area contributed by atoms with Crippen molar-refractivity contribution in [2.75, 3.05) is 13.1 Å². The molecule has 0 N–H and O–H groups in total. The van der Waals surface area contributed by atoms with Gasteiger partial charge in [-0.15, -0.1) is 0 Å². The average Bonchev–Trinajstić information content (AvgIpc) is 2.47. The summed E-state index contributed by atoms with van der Waals surface area (Å²) in [5.41, 5.74) is -0.157. The van der Waals surface area contributed by atoms with E-state index in [1.54, 1.807) is 0 Å². The molecule has 0 unspecified atom stereocenters. The van der Waals surface area contributed by atoms with Crippen LogP contribution in [0, 0.1) is 28.1 Å². The Morgan fingerprint density at radius 1 is 1.29 bits per heavy atom. The van der Waals surface area contributed by atoms with Gasteiger partial charge in [-0.25, -0.2) is 8.42 Å². The third-order valence-corrected chi connectivity index (χ3v) is 6.16. The molecule has 1 saturated heterocycles. The van der Waals surface area contributed by atoms with Crippen LogP contribution in [-0.2, 0) is 10.0 Å². The van der Waals surface area contributed by atoms with E-state index >= 15 is 0 Å². The number of piperidine rings is 1. The molecule has 0 aliphatic carbocycles. The van der Waals surface area contributed by atoms with E-state index in [-0.39, 0.29) is 9.92 Å². The molecule has 1 aliphatic heterocycles. The van der Waals surface area contributed by atoms with Gasteiger partial charge < -0.3 is 0 Å². The molecule has 0 amide bonds. The van der Waals surface area contributed by atoms with Crippen molar-refractivity contribution in [1.82, 2.24) is 4.31 Å². The fraction of sp³-hybridized carbons (Fsp3) is 0.429. The van der Waals surface area contributed by atoms with Crippen LogP contribution in [0.2, 0.25) is 5.02 Å². The highest BCUT2D eigenvalue weighted by Crippen LogP contribution is 2.34. The summed E-state index contributed by atoms with van der Waals surface area (Å²) < 4.78 is 26.5. The van der Waals surface area contributed by atoms with Crippen LogP contribution in [0.15, 0.2) is 23.1 Å². The maximum Gasteiger partial charge on any atom is 0.244 e. The molecule has 1 fully saturated rings. The van der Waals surface area contributed by atoms with E-state index in [9.17, 15) is 8.42 Å². The zero-order valence-electron chi connectivity index (χ0n) is 11.5. The van der Waals surface area contributed by atoms with Gasteiger partial charge >= 0.3 is 0 Å². The van der Waals surface area contributed by atoms with E-state index in [1.807, 2.05) is 13.0 Å². The molecule has 0 saturated carbocycles. The average molecular weight is 324 g/mol. The van der Waals surface area contributed by atoms with Crippen molar-refractivity contribution < 1.29 is 8.42 Å². The molecule has 0 bridgehead atoms. The molecule has 0 aromatic heterocycles. The minimum Gasteiger partial charge on any atom is -0.207 e. The number of hydrogen-bond donors (Lipinski definition) is 0. The monoisotopic (exact) mass is 323 g/mol. The lowest BCUT2D eigenvalue weighted by Crippen LogP contribution is -2.41. The van der Waals surface area contributed by atoms with Crippen LogP contribution in [0.25, 0.3) is 0 Å². The first-order valence-corrected chi connectivity index (χ1v) is 8.25. The molecule has 110 valence electrons. The third kappa shape index (κ3) is 3.03. The zero-order chi connectivity index (χ0) is 15.7. The zero-order valence-corrected chi connectivity index (χ0v) is 13.1. The van der Waals surface area contributed by atoms with E-state index in [0.29, 0.717) is 31.5 Å². The molecule has 0 spiro atoms. The summed E-state index contributed by atoms with van der Waals surface area (Å²) in [7, 11) is -3.69. The van der Waals surface area contributed by atoms with Crippen LogP contribution < -0.4 is 0 Å². The largest absolute Gasteiger partial charge is 0.244 e. The van der Waals surface area contributed by atoms with Crippen molar-refractivity contribution in [1.29, 1.82) is 10.5 Å². The molecule has 2 rings (SSSR count).